The summed E-state index contributed by atoms with van der Waals surface area (Å²) in [5, 5.41) is 3.92. The van der Waals surface area contributed by atoms with Crippen LogP contribution in [0.25, 0.3) is 0 Å². The van der Waals surface area contributed by atoms with Crippen LogP contribution in [0, 0.1) is 6.92 Å². The topological polar surface area (TPSA) is 68.2 Å². The van der Waals surface area contributed by atoms with Crippen LogP contribution >= 0.6 is 12.4 Å². The first kappa shape index (κ1) is 15.5. The van der Waals surface area contributed by atoms with Gasteiger partial charge in [0, 0.05) is 12.2 Å². The number of aryl methyl sites for hydroxylation is 1. The Labute approximate surface area is 119 Å². The van der Waals surface area contributed by atoms with E-state index in [9.17, 15) is 0 Å². The van der Waals surface area contributed by atoms with Gasteiger partial charge in [0.2, 0.25) is 5.89 Å². The van der Waals surface area contributed by atoms with Gasteiger partial charge in [-0.15, -0.1) is 12.4 Å². The Balaban J connectivity index is 0.00000180. The van der Waals surface area contributed by atoms with Gasteiger partial charge in [0.1, 0.15) is 0 Å². The SMILES string of the molecule is CCN(Cc1noc(CN)n1)c1ccccc1C.Cl. The maximum Gasteiger partial charge on any atom is 0.240 e. The van der Waals surface area contributed by atoms with Gasteiger partial charge in [-0.1, -0.05) is 23.4 Å². The lowest BCUT2D eigenvalue weighted by Gasteiger charge is -2.23. The quantitative estimate of drug-likeness (QED) is 0.911. The molecule has 1 heterocycles. The van der Waals surface area contributed by atoms with Gasteiger partial charge in [0.15, 0.2) is 5.82 Å². The van der Waals surface area contributed by atoms with E-state index in [0.717, 1.165) is 6.54 Å². The fraction of sp³-hybridized carbons (Fsp3) is 0.385. The maximum atomic E-state index is 5.45. The molecule has 1 aromatic carbocycles. The molecule has 2 aromatic rings. The van der Waals surface area contributed by atoms with Gasteiger partial charge < -0.3 is 15.2 Å². The minimum absolute atomic E-state index is 0. The summed E-state index contributed by atoms with van der Waals surface area (Å²) in [4.78, 5) is 6.44. The second-order valence-corrected chi connectivity index (χ2v) is 4.11. The van der Waals surface area contributed by atoms with Crippen molar-refractivity contribution < 1.29 is 4.52 Å². The summed E-state index contributed by atoms with van der Waals surface area (Å²) in [6, 6.07) is 8.27. The van der Waals surface area contributed by atoms with Crippen molar-refractivity contribution in [2.75, 3.05) is 11.4 Å². The molecule has 1 aromatic heterocycles. The van der Waals surface area contributed by atoms with E-state index in [1.807, 2.05) is 12.1 Å². The molecule has 5 nitrogen and oxygen atoms in total. The molecule has 0 radical (unpaired) electrons. The number of anilines is 1. The number of halogens is 1. The van der Waals surface area contributed by atoms with Crippen LogP contribution in [0.5, 0.6) is 0 Å². The number of benzene rings is 1. The predicted molar refractivity (Wildman–Crippen MR) is 77.3 cm³/mol. The molecule has 0 fully saturated rings. The molecule has 0 aliphatic heterocycles. The van der Waals surface area contributed by atoms with Crippen molar-refractivity contribution in [2.45, 2.75) is 26.9 Å². The van der Waals surface area contributed by atoms with E-state index in [0.29, 0.717) is 18.3 Å². The third kappa shape index (κ3) is 3.68. The summed E-state index contributed by atoms with van der Waals surface area (Å²) in [6.07, 6.45) is 0. The van der Waals surface area contributed by atoms with E-state index in [2.05, 4.69) is 41.0 Å². The molecular weight excluding hydrogens is 264 g/mol. The number of rotatable bonds is 5. The molecule has 0 bridgehead atoms. The van der Waals surface area contributed by atoms with E-state index < -0.39 is 0 Å². The Kier molecular flexibility index (Phi) is 5.79. The first-order valence-electron chi connectivity index (χ1n) is 6.06. The highest BCUT2D eigenvalue weighted by atomic mass is 35.5. The summed E-state index contributed by atoms with van der Waals surface area (Å²) in [7, 11) is 0. The van der Waals surface area contributed by atoms with Crippen molar-refractivity contribution in [1.82, 2.24) is 10.1 Å². The first-order chi connectivity index (χ1) is 8.74. The molecule has 0 spiro atoms. The van der Waals surface area contributed by atoms with Gasteiger partial charge >= 0.3 is 0 Å². The highest BCUT2D eigenvalue weighted by molar-refractivity contribution is 5.85. The summed E-state index contributed by atoms with van der Waals surface area (Å²) in [5.41, 5.74) is 7.88. The van der Waals surface area contributed by atoms with Crippen molar-refractivity contribution >= 4 is 18.1 Å². The lowest BCUT2D eigenvalue weighted by molar-refractivity contribution is 0.374. The van der Waals surface area contributed by atoms with Gasteiger partial charge in [-0.3, -0.25) is 0 Å². The van der Waals surface area contributed by atoms with Crippen molar-refractivity contribution in [3.8, 4) is 0 Å². The van der Waals surface area contributed by atoms with E-state index in [1.54, 1.807) is 0 Å². The molecule has 0 amide bonds. The fourth-order valence-corrected chi connectivity index (χ4v) is 1.89. The number of nitrogens with zero attached hydrogens (tertiary/aromatic N) is 3. The molecule has 0 unspecified atom stereocenters. The second-order valence-electron chi connectivity index (χ2n) is 4.11. The summed E-state index contributed by atoms with van der Waals surface area (Å²) >= 11 is 0. The lowest BCUT2D eigenvalue weighted by atomic mass is 10.2. The van der Waals surface area contributed by atoms with E-state index >= 15 is 0 Å². The average Bonchev–Trinajstić information content (AvgIpc) is 2.85. The van der Waals surface area contributed by atoms with Gasteiger partial charge in [-0.25, -0.2) is 0 Å². The largest absolute Gasteiger partial charge is 0.364 e. The number of para-hydroxylation sites is 1. The Morgan fingerprint density at radius 3 is 2.63 bits per heavy atom. The summed E-state index contributed by atoms with van der Waals surface area (Å²) < 4.78 is 5.01. The number of aromatic nitrogens is 2. The van der Waals surface area contributed by atoms with Crippen LogP contribution in [-0.2, 0) is 13.1 Å². The number of hydrogen-bond acceptors (Lipinski definition) is 5. The Morgan fingerprint density at radius 2 is 2.05 bits per heavy atom. The second kappa shape index (κ2) is 7.11. The molecule has 0 atom stereocenters. The van der Waals surface area contributed by atoms with Crippen LogP contribution in [0.3, 0.4) is 0 Å². The zero-order valence-corrected chi connectivity index (χ0v) is 12.0. The zero-order chi connectivity index (χ0) is 13.0. The van der Waals surface area contributed by atoms with Gasteiger partial charge in [0.25, 0.3) is 0 Å². The van der Waals surface area contributed by atoms with Crippen LogP contribution in [0.2, 0.25) is 0 Å². The molecule has 2 N–H and O–H groups in total. The summed E-state index contributed by atoms with van der Waals surface area (Å²) in [6.45, 7) is 6.00. The molecule has 19 heavy (non-hydrogen) atoms. The third-order valence-electron chi connectivity index (χ3n) is 2.85. The zero-order valence-electron chi connectivity index (χ0n) is 11.2. The van der Waals surface area contributed by atoms with Crippen molar-refractivity contribution in [3.05, 3.63) is 41.5 Å². The number of hydrogen-bond donors (Lipinski definition) is 1. The van der Waals surface area contributed by atoms with E-state index in [1.165, 1.54) is 11.3 Å². The third-order valence-corrected chi connectivity index (χ3v) is 2.85. The molecule has 0 aliphatic carbocycles. The molecule has 2 rings (SSSR count). The summed E-state index contributed by atoms with van der Waals surface area (Å²) in [5.74, 6) is 1.14. The Hall–Kier alpha value is -1.59. The molecule has 0 aliphatic rings. The predicted octanol–water partition coefficient (Wildman–Crippen LogP) is 2.29. The average molecular weight is 283 g/mol. The van der Waals surface area contributed by atoms with Gasteiger partial charge in [0.05, 0.1) is 13.1 Å². The standard InChI is InChI=1S/C13H18N4O.ClH/c1-3-17(11-7-5-4-6-10(11)2)9-12-15-13(8-14)18-16-12;/h4-7H,3,8-9,14H2,1-2H3;1H. The van der Waals surface area contributed by atoms with Crippen LogP contribution in [0.15, 0.2) is 28.8 Å². The Morgan fingerprint density at radius 1 is 1.32 bits per heavy atom. The first-order valence-corrected chi connectivity index (χ1v) is 6.06. The maximum absolute atomic E-state index is 5.45. The van der Waals surface area contributed by atoms with Crippen LogP contribution in [0.4, 0.5) is 5.69 Å². The monoisotopic (exact) mass is 282 g/mol. The van der Waals surface area contributed by atoms with E-state index in [4.69, 9.17) is 10.3 Å². The fourth-order valence-electron chi connectivity index (χ4n) is 1.89. The minimum Gasteiger partial charge on any atom is -0.364 e. The molecule has 0 saturated heterocycles. The smallest absolute Gasteiger partial charge is 0.240 e. The molecule has 6 heteroatoms. The number of nitrogens with two attached hydrogens (primary N) is 1. The van der Waals surface area contributed by atoms with E-state index in [-0.39, 0.29) is 19.0 Å². The van der Waals surface area contributed by atoms with Crippen molar-refractivity contribution in [1.29, 1.82) is 0 Å². The van der Waals surface area contributed by atoms with Crippen LogP contribution in [0.1, 0.15) is 24.2 Å². The molecule has 0 saturated carbocycles. The van der Waals surface area contributed by atoms with Crippen LogP contribution in [-0.4, -0.2) is 16.7 Å². The van der Waals surface area contributed by atoms with Crippen molar-refractivity contribution in [2.24, 2.45) is 5.73 Å². The van der Waals surface area contributed by atoms with Gasteiger partial charge in [-0.05, 0) is 25.5 Å². The van der Waals surface area contributed by atoms with Crippen LogP contribution < -0.4 is 10.6 Å². The normalized spacial score (nSPS) is 10.1. The Bertz CT molecular complexity index is 515. The minimum atomic E-state index is 0. The lowest BCUT2D eigenvalue weighted by Crippen LogP contribution is -2.23. The molecule has 104 valence electrons. The van der Waals surface area contributed by atoms with Crippen molar-refractivity contribution in [3.63, 3.8) is 0 Å². The highest BCUT2D eigenvalue weighted by Crippen LogP contribution is 2.20. The molecular formula is C13H19ClN4O. The highest BCUT2D eigenvalue weighted by Gasteiger charge is 2.11. The van der Waals surface area contributed by atoms with Gasteiger partial charge in [-0.2, -0.15) is 4.98 Å².